The number of hydrogen-bond donors (Lipinski definition) is 0. The van der Waals surface area contributed by atoms with Crippen LogP contribution in [0.1, 0.15) is 107 Å². The van der Waals surface area contributed by atoms with Crippen LogP contribution < -0.4 is 0 Å². The first kappa shape index (κ1) is 21.8. The van der Waals surface area contributed by atoms with E-state index in [9.17, 15) is 0 Å². The van der Waals surface area contributed by atoms with Gasteiger partial charge in [0.25, 0.3) is 0 Å². The van der Waals surface area contributed by atoms with Crippen LogP contribution in [-0.4, -0.2) is 23.1 Å². The van der Waals surface area contributed by atoms with Crippen molar-refractivity contribution >= 4 is 23.1 Å². The first-order chi connectivity index (χ1) is 8.91. The Hall–Kier alpha value is 0.506. The average molecular weight is 279 g/mol. The van der Waals surface area contributed by atoms with E-state index < -0.39 is 0 Å². The first-order valence-electron chi connectivity index (χ1n) is 8.56. The van der Waals surface area contributed by atoms with Crippen molar-refractivity contribution in [1.82, 2.24) is 0 Å². The fourth-order valence-electron chi connectivity index (χ4n) is 2.32. The molecule has 0 saturated carbocycles. The first-order valence-corrected chi connectivity index (χ1v) is 8.56. The molecule has 0 fully saturated rings. The van der Waals surface area contributed by atoms with Gasteiger partial charge in [0.15, 0.2) is 0 Å². The van der Waals surface area contributed by atoms with E-state index in [2.05, 4.69) is 26.0 Å². The van der Waals surface area contributed by atoms with Crippen LogP contribution >= 0.6 is 0 Å². The van der Waals surface area contributed by atoms with Gasteiger partial charge in [-0.3, -0.25) is 0 Å². The zero-order chi connectivity index (χ0) is 13.3. The molecule has 0 aliphatic heterocycles. The molecule has 0 heterocycles. The van der Waals surface area contributed by atoms with Crippen molar-refractivity contribution in [2.24, 2.45) is 0 Å². The third kappa shape index (κ3) is 21.0. The fraction of sp³-hybridized carbons (Fsp3) is 0.889. The van der Waals surface area contributed by atoms with Crippen LogP contribution in [0.2, 0.25) is 0 Å². The summed E-state index contributed by atoms with van der Waals surface area (Å²) in [5.74, 6) is 0. The molecule has 0 unspecified atom stereocenters. The standard InChI is InChI=1S/C18H36.Mg.2H/c1-3-5-7-9-11-13-15-17-18-16-14-12-10-8-6-4-2;;;/h17-18H,3-16H2,1-2H3;;;/q;+2;2*-1/b18-17-;;;. The van der Waals surface area contributed by atoms with Gasteiger partial charge in [0.2, 0.25) is 0 Å². The summed E-state index contributed by atoms with van der Waals surface area (Å²) in [4.78, 5) is 0. The van der Waals surface area contributed by atoms with Gasteiger partial charge < -0.3 is 2.85 Å². The van der Waals surface area contributed by atoms with E-state index in [0.29, 0.717) is 0 Å². The maximum Gasteiger partial charge on any atom is 2.00 e. The van der Waals surface area contributed by atoms with E-state index in [0.717, 1.165) is 0 Å². The van der Waals surface area contributed by atoms with Gasteiger partial charge in [-0.15, -0.1) is 0 Å². The van der Waals surface area contributed by atoms with E-state index >= 15 is 0 Å². The maximum atomic E-state index is 2.41. The van der Waals surface area contributed by atoms with Crippen molar-refractivity contribution in [3.8, 4) is 0 Å². The summed E-state index contributed by atoms with van der Waals surface area (Å²) in [5, 5.41) is 0. The number of allylic oxidation sites excluding steroid dienone is 2. The molecule has 0 aliphatic carbocycles. The molecule has 0 spiro atoms. The minimum atomic E-state index is 0. The molecular formula is C18H38Mg. The van der Waals surface area contributed by atoms with Crippen molar-refractivity contribution in [3.05, 3.63) is 12.2 Å². The monoisotopic (exact) mass is 278 g/mol. The molecule has 112 valence electrons. The van der Waals surface area contributed by atoms with Gasteiger partial charge in [-0.2, -0.15) is 0 Å². The summed E-state index contributed by atoms with van der Waals surface area (Å²) in [7, 11) is 0. The topological polar surface area (TPSA) is 0 Å². The van der Waals surface area contributed by atoms with Crippen molar-refractivity contribution < 1.29 is 2.85 Å². The molecule has 0 bridgehead atoms. The van der Waals surface area contributed by atoms with E-state index in [1.807, 2.05) is 0 Å². The molecule has 0 amide bonds. The van der Waals surface area contributed by atoms with Crippen LogP contribution in [0.3, 0.4) is 0 Å². The van der Waals surface area contributed by atoms with Crippen molar-refractivity contribution in [2.45, 2.75) is 104 Å². The Labute approximate surface area is 141 Å². The Bertz CT molecular complexity index is 155. The summed E-state index contributed by atoms with van der Waals surface area (Å²) in [6.07, 6.45) is 24.4. The molecule has 0 atom stereocenters. The zero-order valence-corrected chi connectivity index (χ0v) is 15.2. The smallest absolute Gasteiger partial charge is 1.00 e. The molecule has 0 N–H and O–H groups in total. The third-order valence-electron chi connectivity index (χ3n) is 3.62. The molecule has 1 heteroatoms. The summed E-state index contributed by atoms with van der Waals surface area (Å²) < 4.78 is 0. The third-order valence-corrected chi connectivity index (χ3v) is 3.62. The van der Waals surface area contributed by atoms with Crippen LogP contribution in [-0.2, 0) is 0 Å². The largest absolute Gasteiger partial charge is 2.00 e. The van der Waals surface area contributed by atoms with Gasteiger partial charge >= 0.3 is 23.1 Å². The molecule has 0 aromatic heterocycles. The Kier molecular flexibility index (Phi) is 23.9. The fourth-order valence-corrected chi connectivity index (χ4v) is 2.32. The molecular weight excluding hydrogens is 241 g/mol. The van der Waals surface area contributed by atoms with Gasteiger partial charge in [0.05, 0.1) is 0 Å². The van der Waals surface area contributed by atoms with Crippen LogP contribution in [0.4, 0.5) is 0 Å². The summed E-state index contributed by atoms with van der Waals surface area (Å²) in [6.45, 7) is 4.57. The van der Waals surface area contributed by atoms with Gasteiger partial charge in [-0.25, -0.2) is 0 Å². The maximum absolute atomic E-state index is 2.41. The molecule has 0 aromatic carbocycles. The van der Waals surface area contributed by atoms with Crippen LogP contribution in [0.5, 0.6) is 0 Å². The van der Waals surface area contributed by atoms with Crippen molar-refractivity contribution in [1.29, 1.82) is 0 Å². The van der Waals surface area contributed by atoms with Crippen LogP contribution in [0, 0.1) is 0 Å². The van der Waals surface area contributed by atoms with Gasteiger partial charge in [0.1, 0.15) is 0 Å². The Morgan fingerprint density at radius 3 is 1.21 bits per heavy atom. The minimum Gasteiger partial charge on any atom is -1.00 e. The van der Waals surface area contributed by atoms with Crippen molar-refractivity contribution in [2.75, 3.05) is 0 Å². The molecule has 0 rings (SSSR count). The summed E-state index contributed by atoms with van der Waals surface area (Å²) in [5.41, 5.74) is 0. The van der Waals surface area contributed by atoms with Gasteiger partial charge in [-0.05, 0) is 25.7 Å². The predicted octanol–water partition coefficient (Wildman–Crippen LogP) is 6.89. The van der Waals surface area contributed by atoms with E-state index in [1.165, 1.54) is 89.9 Å². The quantitative estimate of drug-likeness (QED) is 0.184. The Morgan fingerprint density at radius 2 is 0.842 bits per heavy atom. The Balaban J connectivity index is -0.000000482. The van der Waals surface area contributed by atoms with Crippen LogP contribution in [0.25, 0.3) is 0 Å². The second-order valence-corrected chi connectivity index (χ2v) is 5.58. The number of hydrogen-bond acceptors (Lipinski definition) is 0. The molecule has 0 radical (unpaired) electrons. The summed E-state index contributed by atoms with van der Waals surface area (Å²) in [6, 6.07) is 0. The number of unbranched alkanes of at least 4 members (excludes halogenated alkanes) is 12. The molecule has 0 aromatic rings. The van der Waals surface area contributed by atoms with E-state index in [4.69, 9.17) is 0 Å². The predicted molar refractivity (Wildman–Crippen MR) is 93.1 cm³/mol. The molecule has 19 heavy (non-hydrogen) atoms. The SMILES string of the molecule is CCCCCCCC/C=C\CCCCCCCC.[H-].[H-].[Mg+2]. The minimum absolute atomic E-state index is 0. The van der Waals surface area contributed by atoms with E-state index in [-0.39, 0.29) is 25.9 Å². The summed E-state index contributed by atoms with van der Waals surface area (Å²) >= 11 is 0. The second-order valence-electron chi connectivity index (χ2n) is 5.58. The molecule has 0 aliphatic rings. The molecule has 0 saturated heterocycles. The second kappa shape index (κ2) is 20.8. The average Bonchev–Trinajstić information content (AvgIpc) is 2.39. The normalized spacial score (nSPS) is 10.8. The van der Waals surface area contributed by atoms with Gasteiger partial charge in [0, 0.05) is 0 Å². The molecule has 0 nitrogen and oxygen atoms in total. The van der Waals surface area contributed by atoms with Gasteiger partial charge in [-0.1, -0.05) is 90.2 Å². The number of rotatable bonds is 14. The van der Waals surface area contributed by atoms with Crippen LogP contribution in [0.15, 0.2) is 12.2 Å². The zero-order valence-electron chi connectivity index (χ0n) is 15.8. The van der Waals surface area contributed by atoms with E-state index in [1.54, 1.807) is 0 Å². The van der Waals surface area contributed by atoms with Crippen molar-refractivity contribution in [3.63, 3.8) is 0 Å². The Morgan fingerprint density at radius 1 is 0.526 bits per heavy atom.